The smallest absolute Gasteiger partial charge is 0.259 e. The van der Waals surface area contributed by atoms with Gasteiger partial charge in [-0.3, -0.25) is 14.5 Å². The average molecular weight is 401 g/mol. The number of carbonyl (C=O) groups excluding carboxylic acids is 2. The van der Waals surface area contributed by atoms with E-state index in [4.69, 9.17) is 0 Å². The second-order valence-corrected chi connectivity index (χ2v) is 8.20. The maximum absolute atomic E-state index is 12.8. The molecule has 1 aliphatic rings. The van der Waals surface area contributed by atoms with Crippen molar-refractivity contribution in [1.82, 2.24) is 19.7 Å². The highest BCUT2D eigenvalue weighted by Crippen LogP contribution is 2.31. The molecular weight excluding hydrogens is 378 g/mol. The number of hydrogen-bond acceptors (Lipinski definition) is 4. The van der Waals surface area contributed by atoms with Crippen molar-refractivity contribution in [2.75, 3.05) is 11.9 Å². The Morgan fingerprint density at radius 1 is 1.10 bits per heavy atom. The predicted molar refractivity (Wildman–Crippen MR) is 115 cm³/mol. The van der Waals surface area contributed by atoms with Crippen molar-refractivity contribution in [3.63, 3.8) is 0 Å². The van der Waals surface area contributed by atoms with E-state index in [1.54, 1.807) is 23.0 Å². The lowest BCUT2D eigenvalue weighted by atomic mass is 9.92. The number of carbonyl (C=O) groups is 2. The van der Waals surface area contributed by atoms with Gasteiger partial charge in [0.2, 0.25) is 5.91 Å². The molecule has 0 radical (unpaired) electrons. The summed E-state index contributed by atoms with van der Waals surface area (Å²) in [6.07, 6.45) is 1.67. The van der Waals surface area contributed by atoms with E-state index in [0.717, 1.165) is 11.3 Å². The van der Waals surface area contributed by atoms with Gasteiger partial charge in [0.15, 0.2) is 5.82 Å². The van der Waals surface area contributed by atoms with Crippen LogP contribution in [-0.2, 0) is 10.2 Å². The van der Waals surface area contributed by atoms with E-state index >= 15 is 0 Å². The molecule has 30 heavy (non-hydrogen) atoms. The Morgan fingerprint density at radius 3 is 2.43 bits per heavy atom. The molecule has 3 aromatic rings. The maximum Gasteiger partial charge on any atom is 0.259 e. The van der Waals surface area contributed by atoms with Crippen LogP contribution in [0.1, 0.15) is 42.4 Å². The van der Waals surface area contributed by atoms with Gasteiger partial charge >= 0.3 is 0 Å². The molecule has 1 aromatic carbocycles. The van der Waals surface area contributed by atoms with E-state index in [9.17, 15) is 9.59 Å². The zero-order chi connectivity index (χ0) is 21.5. The van der Waals surface area contributed by atoms with E-state index < -0.39 is 0 Å². The van der Waals surface area contributed by atoms with Crippen molar-refractivity contribution in [3.05, 3.63) is 78.1 Å². The minimum atomic E-state index is -0.338. The third kappa shape index (κ3) is 3.50. The number of aromatic nitrogens is 3. The van der Waals surface area contributed by atoms with E-state index in [1.165, 1.54) is 4.90 Å². The summed E-state index contributed by atoms with van der Waals surface area (Å²) in [6.45, 7) is 10.0. The van der Waals surface area contributed by atoms with Gasteiger partial charge in [-0.1, -0.05) is 51.6 Å². The minimum absolute atomic E-state index is 0.134. The summed E-state index contributed by atoms with van der Waals surface area (Å²) in [5.74, 6) is 0.532. The van der Waals surface area contributed by atoms with Gasteiger partial charge in [0.25, 0.3) is 5.91 Å². The summed E-state index contributed by atoms with van der Waals surface area (Å²) in [5.41, 5.74) is 2.45. The van der Waals surface area contributed by atoms with Crippen LogP contribution in [0.2, 0.25) is 0 Å². The molecule has 1 aliphatic heterocycles. The summed E-state index contributed by atoms with van der Waals surface area (Å²) in [7, 11) is 0. The molecule has 1 N–H and O–H groups in total. The lowest BCUT2D eigenvalue weighted by molar-refractivity contribution is -0.116. The molecule has 0 bridgehead atoms. The number of amides is 2. The summed E-state index contributed by atoms with van der Waals surface area (Å²) >= 11 is 0. The molecule has 2 aromatic heterocycles. The highest BCUT2D eigenvalue weighted by molar-refractivity contribution is 6.11. The number of hydrogen-bond donors (Lipinski definition) is 1. The molecular formula is C23H23N5O2. The molecule has 0 fully saturated rings. The normalized spacial score (nSPS) is 13.5. The van der Waals surface area contributed by atoms with Crippen molar-refractivity contribution in [2.45, 2.75) is 26.2 Å². The van der Waals surface area contributed by atoms with E-state index in [-0.39, 0.29) is 23.8 Å². The second kappa shape index (κ2) is 7.26. The Labute approximate surface area is 175 Å². The van der Waals surface area contributed by atoms with Crippen LogP contribution in [0.5, 0.6) is 0 Å². The van der Waals surface area contributed by atoms with Gasteiger partial charge in [-0.15, -0.1) is 0 Å². The van der Waals surface area contributed by atoms with Crippen LogP contribution in [0.4, 0.5) is 5.82 Å². The van der Waals surface area contributed by atoms with Gasteiger partial charge in [0.05, 0.1) is 5.69 Å². The number of rotatable bonds is 4. The SMILES string of the molecule is C=C1c2ccccc2C(=O)N1CC(=O)Nc1cc(C(C)(C)C)nn1-c1ccccn1. The zero-order valence-electron chi connectivity index (χ0n) is 17.2. The third-order valence-electron chi connectivity index (χ3n) is 4.95. The molecule has 2 amide bonds. The molecule has 4 rings (SSSR count). The van der Waals surface area contributed by atoms with Gasteiger partial charge in [0.1, 0.15) is 12.4 Å². The Hall–Kier alpha value is -3.74. The molecule has 152 valence electrons. The van der Waals surface area contributed by atoms with Crippen LogP contribution in [0.3, 0.4) is 0 Å². The molecule has 0 saturated carbocycles. The van der Waals surface area contributed by atoms with Crippen LogP contribution in [0.15, 0.2) is 61.3 Å². The number of pyridine rings is 1. The van der Waals surface area contributed by atoms with Crippen LogP contribution >= 0.6 is 0 Å². The van der Waals surface area contributed by atoms with Gasteiger partial charge in [0, 0.05) is 34.5 Å². The molecule has 7 heteroatoms. The molecule has 0 atom stereocenters. The molecule has 7 nitrogen and oxygen atoms in total. The zero-order valence-corrected chi connectivity index (χ0v) is 17.2. The standard InChI is InChI=1S/C23H23N5O2/c1-15-16-9-5-6-10-17(16)22(30)27(15)14-21(29)25-20-13-18(23(2,3)4)26-28(20)19-11-7-8-12-24-19/h5-13H,1,14H2,2-4H3,(H,25,29). The summed E-state index contributed by atoms with van der Waals surface area (Å²) in [5, 5.41) is 7.52. The van der Waals surface area contributed by atoms with Crippen molar-refractivity contribution in [2.24, 2.45) is 0 Å². The minimum Gasteiger partial charge on any atom is -0.309 e. The van der Waals surface area contributed by atoms with Crippen molar-refractivity contribution in [1.29, 1.82) is 0 Å². The number of nitrogens with one attached hydrogen (secondary N) is 1. The fourth-order valence-corrected chi connectivity index (χ4v) is 3.32. The van der Waals surface area contributed by atoms with Gasteiger partial charge in [-0.2, -0.15) is 9.78 Å². The molecule has 0 spiro atoms. The summed E-state index contributed by atoms with van der Waals surface area (Å²) in [4.78, 5) is 31.3. The van der Waals surface area contributed by atoms with Gasteiger partial charge in [-0.25, -0.2) is 4.98 Å². The molecule has 3 heterocycles. The lowest BCUT2D eigenvalue weighted by Gasteiger charge is -2.17. The topological polar surface area (TPSA) is 80.1 Å². The second-order valence-electron chi connectivity index (χ2n) is 8.20. The first-order valence-corrected chi connectivity index (χ1v) is 9.67. The first-order valence-electron chi connectivity index (χ1n) is 9.67. The fraction of sp³-hybridized carbons (Fsp3) is 0.217. The first-order chi connectivity index (χ1) is 14.3. The first kappa shape index (κ1) is 19.6. The summed E-state index contributed by atoms with van der Waals surface area (Å²) < 4.78 is 1.61. The molecule has 0 aliphatic carbocycles. The van der Waals surface area contributed by atoms with Crippen molar-refractivity contribution >= 4 is 23.3 Å². The lowest BCUT2D eigenvalue weighted by Crippen LogP contribution is -2.33. The number of nitrogens with zero attached hydrogens (tertiary/aromatic N) is 4. The number of anilines is 1. The fourth-order valence-electron chi connectivity index (χ4n) is 3.32. The summed E-state index contributed by atoms with van der Waals surface area (Å²) in [6, 6.07) is 14.5. The highest BCUT2D eigenvalue weighted by Gasteiger charge is 2.32. The van der Waals surface area contributed by atoms with E-state index in [0.29, 0.717) is 22.9 Å². The molecule has 0 unspecified atom stereocenters. The average Bonchev–Trinajstić information content (AvgIpc) is 3.24. The van der Waals surface area contributed by atoms with E-state index in [2.05, 4.69) is 22.0 Å². The van der Waals surface area contributed by atoms with Gasteiger partial charge < -0.3 is 5.32 Å². The van der Waals surface area contributed by atoms with Crippen molar-refractivity contribution in [3.8, 4) is 5.82 Å². The van der Waals surface area contributed by atoms with Crippen LogP contribution in [0, 0.1) is 0 Å². The Bertz CT molecular complexity index is 1110. The number of fused-ring (bicyclic) bond motifs is 1. The van der Waals surface area contributed by atoms with Gasteiger partial charge in [-0.05, 0) is 18.2 Å². The predicted octanol–water partition coefficient (Wildman–Crippen LogP) is 3.63. The van der Waals surface area contributed by atoms with E-state index in [1.807, 2.05) is 57.2 Å². The van der Waals surface area contributed by atoms with Crippen LogP contribution < -0.4 is 5.32 Å². The van der Waals surface area contributed by atoms with Crippen LogP contribution in [-0.4, -0.2) is 38.0 Å². The largest absolute Gasteiger partial charge is 0.309 e. The Balaban J connectivity index is 1.59. The monoisotopic (exact) mass is 401 g/mol. The Morgan fingerprint density at radius 2 is 1.80 bits per heavy atom. The maximum atomic E-state index is 12.8. The highest BCUT2D eigenvalue weighted by atomic mass is 16.2. The quantitative estimate of drug-likeness (QED) is 0.724. The van der Waals surface area contributed by atoms with Crippen LogP contribution in [0.25, 0.3) is 11.5 Å². The molecule has 0 saturated heterocycles. The Kier molecular flexibility index (Phi) is 4.73. The third-order valence-corrected chi connectivity index (χ3v) is 4.95. The van der Waals surface area contributed by atoms with Crippen molar-refractivity contribution < 1.29 is 9.59 Å². The number of benzene rings is 1.